The molecule has 0 saturated carbocycles. The monoisotopic (exact) mass is 377 g/mol. The zero-order valence-corrected chi connectivity index (χ0v) is 15.4. The number of aromatic nitrogens is 2. The Morgan fingerprint density at radius 3 is 3.15 bits per heavy atom. The first-order chi connectivity index (χ1) is 12.6. The van der Waals surface area contributed by atoms with Crippen molar-refractivity contribution in [1.29, 1.82) is 0 Å². The van der Waals surface area contributed by atoms with E-state index in [4.69, 9.17) is 9.47 Å². The molecule has 2 aromatic rings. The minimum absolute atomic E-state index is 0.0377. The molecule has 0 aliphatic carbocycles. The molecule has 0 aromatic carbocycles. The topological polar surface area (TPSA) is 76.3 Å². The molecule has 3 aliphatic heterocycles. The van der Waals surface area contributed by atoms with Gasteiger partial charge in [0.1, 0.15) is 0 Å². The Bertz CT molecular complexity index is 867. The minimum Gasteiger partial charge on any atom is -0.389 e. The second-order valence-corrected chi connectivity index (χ2v) is 8.49. The number of piperidine rings is 1. The van der Waals surface area contributed by atoms with Gasteiger partial charge in [-0.25, -0.2) is 4.98 Å². The van der Waals surface area contributed by atoms with Crippen LogP contribution in [0.4, 0.5) is 0 Å². The highest BCUT2D eigenvalue weighted by atomic mass is 32.1. The number of likely N-dealkylation sites (tertiary alicyclic amines) is 1. The van der Waals surface area contributed by atoms with Crippen molar-refractivity contribution in [3.63, 3.8) is 0 Å². The summed E-state index contributed by atoms with van der Waals surface area (Å²) in [6.45, 7) is 3.89. The number of hydrogen-bond donors (Lipinski definition) is 1. The molecule has 5 rings (SSSR count). The fourth-order valence-electron chi connectivity index (χ4n) is 4.93. The van der Waals surface area contributed by atoms with E-state index in [2.05, 4.69) is 9.88 Å². The summed E-state index contributed by atoms with van der Waals surface area (Å²) >= 11 is 1.47. The van der Waals surface area contributed by atoms with E-state index in [9.17, 15) is 9.90 Å². The summed E-state index contributed by atoms with van der Waals surface area (Å²) in [6, 6.07) is 1.89. The van der Waals surface area contributed by atoms with E-state index < -0.39 is 5.60 Å². The van der Waals surface area contributed by atoms with E-state index >= 15 is 0 Å². The lowest BCUT2D eigenvalue weighted by Crippen LogP contribution is -2.67. The lowest BCUT2D eigenvalue weighted by Gasteiger charge is -2.57. The lowest BCUT2D eigenvalue weighted by molar-refractivity contribution is -0.221. The quantitative estimate of drug-likeness (QED) is 0.832. The van der Waals surface area contributed by atoms with Crippen LogP contribution in [0, 0.1) is 11.8 Å². The third-order valence-electron chi connectivity index (χ3n) is 6.28. The van der Waals surface area contributed by atoms with Gasteiger partial charge in [-0.2, -0.15) is 0 Å². The molecule has 8 heteroatoms. The Morgan fingerprint density at radius 2 is 2.23 bits per heavy atom. The van der Waals surface area contributed by atoms with Crippen molar-refractivity contribution in [2.24, 2.45) is 11.8 Å². The smallest absolute Gasteiger partial charge is 0.258 e. The van der Waals surface area contributed by atoms with Crippen molar-refractivity contribution in [2.75, 3.05) is 33.0 Å². The summed E-state index contributed by atoms with van der Waals surface area (Å²) in [5, 5.41) is 13.3. The fourth-order valence-corrected chi connectivity index (χ4v) is 5.67. The van der Waals surface area contributed by atoms with Crippen LogP contribution in [0.25, 0.3) is 4.96 Å². The van der Waals surface area contributed by atoms with Gasteiger partial charge in [0.25, 0.3) is 5.56 Å². The van der Waals surface area contributed by atoms with Crippen LogP contribution in [0.3, 0.4) is 0 Å². The molecule has 0 bridgehead atoms. The molecular formula is C18H23N3O4S. The maximum Gasteiger partial charge on any atom is 0.258 e. The maximum absolute atomic E-state index is 12.3. The molecular weight excluding hydrogens is 354 g/mol. The summed E-state index contributed by atoms with van der Waals surface area (Å²) < 4.78 is 13.0. The van der Waals surface area contributed by atoms with E-state index in [-0.39, 0.29) is 23.4 Å². The third-order valence-corrected chi connectivity index (χ3v) is 7.04. The first-order valence-electron chi connectivity index (χ1n) is 9.23. The molecule has 1 N–H and O–H groups in total. The van der Waals surface area contributed by atoms with Crippen molar-refractivity contribution in [3.8, 4) is 0 Å². The van der Waals surface area contributed by atoms with Crippen LogP contribution >= 0.6 is 11.3 Å². The highest BCUT2D eigenvalue weighted by molar-refractivity contribution is 7.15. The van der Waals surface area contributed by atoms with Gasteiger partial charge in [0.05, 0.1) is 24.5 Å². The number of ether oxygens (including phenoxy) is 2. The van der Waals surface area contributed by atoms with Crippen molar-refractivity contribution in [1.82, 2.24) is 14.3 Å². The van der Waals surface area contributed by atoms with Crippen molar-refractivity contribution in [2.45, 2.75) is 31.0 Å². The van der Waals surface area contributed by atoms with Gasteiger partial charge >= 0.3 is 0 Å². The molecule has 3 saturated heterocycles. The van der Waals surface area contributed by atoms with E-state index in [0.717, 1.165) is 30.2 Å². The van der Waals surface area contributed by atoms with Gasteiger partial charge in [-0.05, 0) is 6.42 Å². The number of rotatable bonds is 2. The molecule has 4 atom stereocenters. The molecule has 7 nitrogen and oxygen atoms in total. The summed E-state index contributed by atoms with van der Waals surface area (Å²) in [7, 11) is 0. The first-order valence-corrected chi connectivity index (χ1v) is 10.1. The molecule has 2 aromatic heterocycles. The number of fused-ring (bicyclic) bond motifs is 4. The van der Waals surface area contributed by atoms with Gasteiger partial charge < -0.3 is 14.6 Å². The minimum atomic E-state index is -0.704. The molecule has 140 valence electrons. The number of hydrogen-bond acceptors (Lipinski definition) is 7. The molecule has 3 fully saturated rings. The van der Waals surface area contributed by atoms with Crippen LogP contribution < -0.4 is 5.56 Å². The SMILES string of the molecule is O=c1cc(CN2C[C@H]3COCC[C@@]3(O)[C@@H]3COCC[C@@H]32)nc2sccn12. The van der Waals surface area contributed by atoms with Crippen LogP contribution in [-0.4, -0.2) is 64.0 Å². The molecule has 0 amide bonds. The average Bonchev–Trinajstić information content (AvgIpc) is 3.12. The first kappa shape index (κ1) is 16.8. The summed E-state index contributed by atoms with van der Waals surface area (Å²) in [5.74, 6) is 0.163. The van der Waals surface area contributed by atoms with Crippen LogP contribution in [0.2, 0.25) is 0 Å². The van der Waals surface area contributed by atoms with Gasteiger partial charge in [0, 0.05) is 68.2 Å². The maximum atomic E-state index is 12.3. The van der Waals surface area contributed by atoms with Gasteiger partial charge in [-0.15, -0.1) is 11.3 Å². The molecule has 0 unspecified atom stereocenters. The van der Waals surface area contributed by atoms with Crippen molar-refractivity contribution >= 4 is 16.3 Å². The van der Waals surface area contributed by atoms with Crippen molar-refractivity contribution in [3.05, 3.63) is 33.7 Å². The summed E-state index contributed by atoms with van der Waals surface area (Å²) in [5.41, 5.74) is 0.0546. The van der Waals surface area contributed by atoms with Gasteiger partial charge in [0.2, 0.25) is 0 Å². The van der Waals surface area contributed by atoms with Crippen LogP contribution in [-0.2, 0) is 16.0 Å². The van der Waals surface area contributed by atoms with E-state index in [1.54, 1.807) is 16.7 Å². The summed E-state index contributed by atoms with van der Waals surface area (Å²) in [4.78, 5) is 20.1. The number of aliphatic hydroxyl groups is 1. The predicted molar refractivity (Wildman–Crippen MR) is 96.3 cm³/mol. The van der Waals surface area contributed by atoms with Gasteiger partial charge in [0.15, 0.2) is 4.96 Å². The lowest BCUT2D eigenvalue weighted by atomic mass is 9.66. The van der Waals surface area contributed by atoms with Crippen LogP contribution in [0.1, 0.15) is 18.5 Å². The molecule has 5 heterocycles. The fraction of sp³-hybridized carbons (Fsp3) is 0.667. The number of nitrogens with zero attached hydrogens (tertiary/aromatic N) is 3. The molecule has 0 spiro atoms. The second-order valence-electron chi connectivity index (χ2n) is 7.62. The summed E-state index contributed by atoms with van der Waals surface area (Å²) in [6.07, 6.45) is 3.34. The molecule has 26 heavy (non-hydrogen) atoms. The zero-order chi connectivity index (χ0) is 17.7. The Kier molecular flexibility index (Phi) is 4.13. The van der Waals surface area contributed by atoms with Crippen molar-refractivity contribution < 1.29 is 14.6 Å². The Hall–Kier alpha value is -1.32. The number of thiazole rings is 1. The average molecular weight is 377 g/mol. The van der Waals surface area contributed by atoms with E-state index in [1.807, 2.05) is 5.38 Å². The Labute approximate surface area is 155 Å². The normalized spacial score (nSPS) is 35.2. The highest BCUT2D eigenvalue weighted by Crippen LogP contribution is 2.44. The molecule has 3 aliphatic rings. The van der Waals surface area contributed by atoms with Gasteiger partial charge in [-0.3, -0.25) is 14.1 Å². The van der Waals surface area contributed by atoms with Gasteiger partial charge in [-0.1, -0.05) is 0 Å². The van der Waals surface area contributed by atoms with Crippen LogP contribution in [0.5, 0.6) is 0 Å². The van der Waals surface area contributed by atoms with Crippen LogP contribution in [0.15, 0.2) is 22.4 Å². The highest BCUT2D eigenvalue weighted by Gasteiger charge is 2.55. The largest absolute Gasteiger partial charge is 0.389 e. The standard InChI is InChI=1S/C18H23N3O4S/c22-16-7-13(19-17-21(16)3-6-26-17)9-20-8-12-10-25-5-2-18(12,23)14-11-24-4-1-15(14)20/h3,6-7,12,14-15,23H,1-2,4-5,8-11H2/t12-,14+,15-,18-/m0/s1. The molecule has 0 radical (unpaired) electrons. The second kappa shape index (κ2) is 6.38. The van der Waals surface area contributed by atoms with E-state index in [0.29, 0.717) is 32.8 Å². The van der Waals surface area contributed by atoms with E-state index in [1.165, 1.54) is 11.3 Å². The zero-order valence-electron chi connectivity index (χ0n) is 14.5. The predicted octanol–water partition coefficient (Wildman–Crippen LogP) is 0.744. The Balaban J connectivity index is 1.46. The third kappa shape index (κ3) is 2.63. The Morgan fingerprint density at radius 1 is 1.35 bits per heavy atom.